The molecule has 1 unspecified atom stereocenters. The van der Waals surface area contributed by atoms with Crippen molar-refractivity contribution in [3.05, 3.63) is 118 Å². The number of benzene rings is 4. The number of hydrogen-bond donors (Lipinski definition) is 1. The summed E-state index contributed by atoms with van der Waals surface area (Å²) in [6.07, 6.45) is 0.407. The smallest absolute Gasteiger partial charge is 0.193 e. The second-order valence-electron chi connectivity index (χ2n) is 9.60. The summed E-state index contributed by atoms with van der Waals surface area (Å²) < 4.78 is 0. The zero-order valence-corrected chi connectivity index (χ0v) is 18.1. The van der Waals surface area contributed by atoms with Gasteiger partial charge in [0.2, 0.25) is 0 Å². The topological polar surface area (TPSA) is 37.3 Å². The van der Waals surface area contributed by atoms with Gasteiger partial charge in [-0.1, -0.05) is 99.6 Å². The van der Waals surface area contributed by atoms with Crippen LogP contribution in [-0.4, -0.2) is 10.9 Å². The minimum atomic E-state index is -1.27. The van der Waals surface area contributed by atoms with Crippen molar-refractivity contribution in [2.75, 3.05) is 0 Å². The van der Waals surface area contributed by atoms with Crippen LogP contribution in [-0.2, 0) is 17.4 Å². The van der Waals surface area contributed by atoms with Crippen LogP contribution in [0.2, 0.25) is 0 Å². The molecule has 1 N–H and O–H groups in total. The number of carbonyl (C=O) groups is 1. The van der Waals surface area contributed by atoms with E-state index in [2.05, 4.69) is 51.1 Å². The third-order valence-electron chi connectivity index (χ3n) is 6.47. The lowest BCUT2D eigenvalue weighted by Crippen LogP contribution is -2.38. The van der Waals surface area contributed by atoms with E-state index in [9.17, 15) is 9.90 Å². The summed E-state index contributed by atoms with van der Waals surface area (Å²) in [5.74, 6) is -0.0140. The Balaban J connectivity index is 1.70. The molecule has 2 nitrogen and oxygen atoms in total. The lowest BCUT2D eigenvalue weighted by Gasteiger charge is -2.37. The van der Waals surface area contributed by atoms with E-state index in [1.807, 2.05) is 54.6 Å². The van der Waals surface area contributed by atoms with Crippen LogP contribution in [0.1, 0.15) is 58.9 Å². The number of ketones is 1. The third-order valence-corrected chi connectivity index (χ3v) is 6.47. The molecule has 0 radical (unpaired) electrons. The molecule has 1 atom stereocenters. The molecule has 1 aliphatic rings. The normalized spacial score (nSPS) is 18.0. The number of rotatable bonds is 2. The van der Waals surface area contributed by atoms with E-state index in [-0.39, 0.29) is 11.2 Å². The number of hydrogen-bond acceptors (Lipinski definition) is 2. The Kier molecular flexibility index (Phi) is 4.39. The lowest BCUT2D eigenvalue weighted by molar-refractivity contribution is 0.0720. The SMILES string of the molecule is CC(C)(C)c1ccc2c(c1)C(=O)c1ccccc1C2(O)Cc1ccc2ccccc2c1. The van der Waals surface area contributed by atoms with E-state index in [0.717, 1.165) is 16.5 Å². The molecule has 0 spiro atoms. The molecule has 0 amide bonds. The van der Waals surface area contributed by atoms with Gasteiger partial charge in [-0.2, -0.15) is 0 Å². The van der Waals surface area contributed by atoms with Gasteiger partial charge in [0.25, 0.3) is 0 Å². The van der Waals surface area contributed by atoms with E-state index in [4.69, 9.17) is 0 Å². The highest BCUT2D eigenvalue weighted by Crippen LogP contribution is 2.43. The lowest BCUT2D eigenvalue weighted by atomic mass is 9.70. The molecule has 154 valence electrons. The summed E-state index contributed by atoms with van der Waals surface area (Å²) in [4.78, 5) is 13.4. The first-order valence-corrected chi connectivity index (χ1v) is 10.8. The van der Waals surface area contributed by atoms with Crippen LogP contribution < -0.4 is 0 Å². The van der Waals surface area contributed by atoms with Crippen LogP contribution in [0.25, 0.3) is 10.8 Å². The molecular formula is C29H26O2. The third kappa shape index (κ3) is 3.19. The standard InChI is InChI=1S/C29H26O2/c1-28(2,3)22-14-15-26-24(17-22)27(30)23-10-6-7-11-25(23)29(26,31)18-19-12-13-20-8-4-5-9-21(20)16-19/h4-17,31H,18H2,1-3H3. The van der Waals surface area contributed by atoms with Crippen molar-refractivity contribution in [3.63, 3.8) is 0 Å². The molecule has 5 rings (SSSR count). The average molecular weight is 407 g/mol. The van der Waals surface area contributed by atoms with Crippen LogP contribution in [0.3, 0.4) is 0 Å². The Morgan fingerprint density at radius 3 is 2.19 bits per heavy atom. The highest BCUT2D eigenvalue weighted by Gasteiger charge is 2.42. The first-order valence-electron chi connectivity index (χ1n) is 10.8. The fourth-order valence-electron chi connectivity index (χ4n) is 4.73. The summed E-state index contributed by atoms with van der Waals surface area (Å²) in [5.41, 5.74) is 3.35. The number of carbonyl (C=O) groups excluding carboxylic acids is 1. The Bertz CT molecular complexity index is 1330. The number of aliphatic hydroxyl groups is 1. The molecule has 0 saturated heterocycles. The largest absolute Gasteiger partial charge is 0.380 e. The minimum absolute atomic E-state index is 0.0140. The zero-order chi connectivity index (χ0) is 21.8. The Morgan fingerprint density at radius 1 is 0.742 bits per heavy atom. The molecular weight excluding hydrogens is 380 g/mol. The van der Waals surface area contributed by atoms with Gasteiger partial charge in [-0.05, 0) is 44.5 Å². The average Bonchev–Trinajstić information content (AvgIpc) is 2.77. The van der Waals surface area contributed by atoms with Crippen LogP contribution >= 0.6 is 0 Å². The molecule has 0 fully saturated rings. The summed E-state index contributed by atoms with van der Waals surface area (Å²) >= 11 is 0. The molecule has 2 heteroatoms. The van der Waals surface area contributed by atoms with Gasteiger partial charge in [-0.3, -0.25) is 4.79 Å². The first-order chi connectivity index (χ1) is 14.8. The molecule has 0 aliphatic heterocycles. The molecule has 0 aromatic heterocycles. The maximum absolute atomic E-state index is 13.4. The maximum atomic E-state index is 13.4. The van der Waals surface area contributed by atoms with Crippen molar-refractivity contribution in [1.82, 2.24) is 0 Å². The monoisotopic (exact) mass is 406 g/mol. The minimum Gasteiger partial charge on any atom is -0.380 e. The van der Waals surface area contributed by atoms with Crippen molar-refractivity contribution in [1.29, 1.82) is 0 Å². The van der Waals surface area contributed by atoms with E-state index in [1.54, 1.807) is 0 Å². The predicted molar refractivity (Wildman–Crippen MR) is 126 cm³/mol. The summed E-state index contributed by atoms with van der Waals surface area (Å²) in [5, 5.41) is 14.5. The second kappa shape index (κ2) is 6.90. The molecule has 4 aromatic carbocycles. The summed E-state index contributed by atoms with van der Waals surface area (Å²) in [6.45, 7) is 6.41. The van der Waals surface area contributed by atoms with Gasteiger partial charge in [-0.25, -0.2) is 0 Å². The van der Waals surface area contributed by atoms with Crippen LogP contribution in [0.5, 0.6) is 0 Å². The predicted octanol–water partition coefficient (Wildman–Crippen LogP) is 6.16. The quantitative estimate of drug-likeness (QED) is 0.433. The molecule has 0 saturated carbocycles. The zero-order valence-electron chi connectivity index (χ0n) is 18.1. The highest BCUT2D eigenvalue weighted by atomic mass is 16.3. The molecule has 31 heavy (non-hydrogen) atoms. The van der Waals surface area contributed by atoms with Crippen LogP contribution in [0.4, 0.5) is 0 Å². The summed E-state index contributed by atoms with van der Waals surface area (Å²) in [6, 6.07) is 28.0. The highest BCUT2D eigenvalue weighted by molar-refractivity contribution is 6.13. The van der Waals surface area contributed by atoms with Crippen LogP contribution in [0.15, 0.2) is 84.9 Å². The van der Waals surface area contributed by atoms with Gasteiger partial charge >= 0.3 is 0 Å². The van der Waals surface area contributed by atoms with Crippen molar-refractivity contribution in [2.45, 2.75) is 38.2 Å². The van der Waals surface area contributed by atoms with Gasteiger partial charge in [-0.15, -0.1) is 0 Å². The molecule has 0 heterocycles. The molecule has 0 bridgehead atoms. The van der Waals surface area contributed by atoms with E-state index < -0.39 is 5.60 Å². The number of fused-ring (bicyclic) bond motifs is 3. The van der Waals surface area contributed by atoms with Crippen molar-refractivity contribution >= 4 is 16.6 Å². The second-order valence-corrected chi connectivity index (χ2v) is 9.60. The van der Waals surface area contributed by atoms with Crippen molar-refractivity contribution in [2.24, 2.45) is 0 Å². The van der Waals surface area contributed by atoms with Gasteiger partial charge in [0.1, 0.15) is 5.60 Å². The maximum Gasteiger partial charge on any atom is 0.193 e. The fraction of sp³-hybridized carbons (Fsp3) is 0.207. The van der Waals surface area contributed by atoms with Gasteiger partial charge < -0.3 is 5.11 Å². The fourth-order valence-corrected chi connectivity index (χ4v) is 4.73. The summed E-state index contributed by atoms with van der Waals surface area (Å²) in [7, 11) is 0. The van der Waals surface area contributed by atoms with Crippen LogP contribution in [0, 0.1) is 0 Å². The molecule has 1 aliphatic carbocycles. The Hall–Kier alpha value is -3.23. The van der Waals surface area contributed by atoms with Gasteiger partial charge in [0.05, 0.1) is 0 Å². The van der Waals surface area contributed by atoms with Crippen molar-refractivity contribution in [3.8, 4) is 0 Å². The molecule has 4 aromatic rings. The van der Waals surface area contributed by atoms with Crippen molar-refractivity contribution < 1.29 is 9.90 Å². The first kappa shape index (κ1) is 19.7. The van der Waals surface area contributed by atoms with Gasteiger partial charge in [0, 0.05) is 17.5 Å². The van der Waals surface area contributed by atoms with E-state index in [1.165, 1.54) is 5.39 Å². The Morgan fingerprint density at radius 2 is 1.42 bits per heavy atom. The van der Waals surface area contributed by atoms with Gasteiger partial charge in [0.15, 0.2) is 5.78 Å². The van der Waals surface area contributed by atoms with E-state index in [0.29, 0.717) is 28.7 Å². The van der Waals surface area contributed by atoms with E-state index >= 15 is 0 Å². The Labute approximate surface area is 183 Å².